The molecule has 1 aromatic rings. The lowest BCUT2D eigenvalue weighted by Crippen LogP contribution is -2.15. The Labute approximate surface area is 87.8 Å². The molecule has 0 bridgehead atoms. The van der Waals surface area contributed by atoms with E-state index in [4.69, 9.17) is 4.74 Å². The van der Waals surface area contributed by atoms with Gasteiger partial charge in [0.1, 0.15) is 11.5 Å². The van der Waals surface area contributed by atoms with Crippen molar-refractivity contribution in [1.29, 1.82) is 0 Å². The molecule has 0 unspecified atom stereocenters. The molecule has 5 heteroatoms. The van der Waals surface area contributed by atoms with Crippen molar-refractivity contribution < 1.29 is 14.3 Å². The molecule has 1 aliphatic heterocycles. The van der Waals surface area contributed by atoms with Crippen LogP contribution in [0.5, 0.6) is 0 Å². The molecule has 0 spiro atoms. The van der Waals surface area contributed by atoms with E-state index < -0.39 is 0 Å². The second-order valence-electron chi connectivity index (χ2n) is 3.56. The molecule has 1 aromatic heterocycles. The molecule has 1 fully saturated rings. The summed E-state index contributed by atoms with van der Waals surface area (Å²) in [7, 11) is 1.36. The third-order valence-corrected chi connectivity index (χ3v) is 2.61. The number of carbonyl (C=O) groups is 1. The number of aromatic nitrogens is 2. The molecule has 1 N–H and O–H groups in total. The molecule has 0 radical (unpaired) electrons. The Balaban J connectivity index is 2.08. The molecular formula is C10H14N2O3. The number of nitrogens with one attached hydrogen (secondary N) is 1. The van der Waals surface area contributed by atoms with E-state index in [0.717, 1.165) is 31.9 Å². The summed E-state index contributed by atoms with van der Waals surface area (Å²) < 4.78 is 9.87. The lowest BCUT2D eigenvalue weighted by atomic mass is 10.00. The average molecular weight is 210 g/mol. The maximum Gasteiger partial charge on any atom is 0.356 e. The molecule has 2 rings (SSSR count). The summed E-state index contributed by atoms with van der Waals surface area (Å²) >= 11 is 0. The normalized spacial score (nSPS) is 17.7. The summed E-state index contributed by atoms with van der Waals surface area (Å²) in [5.74, 6) is 0.858. The Kier molecular flexibility index (Phi) is 3.01. The predicted molar refractivity (Wildman–Crippen MR) is 52.7 cm³/mol. The van der Waals surface area contributed by atoms with Crippen LogP contribution in [0.3, 0.4) is 0 Å². The van der Waals surface area contributed by atoms with Crippen molar-refractivity contribution in [1.82, 2.24) is 9.97 Å². The number of rotatable bonds is 2. The van der Waals surface area contributed by atoms with Crippen molar-refractivity contribution in [3.63, 3.8) is 0 Å². The third-order valence-electron chi connectivity index (χ3n) is 2.61. The zero-order valence-corrected chi connectivity index (χ0v) is 8.66. The Bertz CT molecular complexity index is 342. The number of imidazole rings is 1. The van der Waals surface area contributed by atoms with Crippen LogP contribution in [0.4, 0.5) is 0 Å². The first-order valence-corrected chi connectivity index (χ1v) is 5.02. The summed E-state index contributed by atoms with van der Waals surface area (Å²) in [5, 5.41) is 0. The summed E-state index contributed by atoms with van der Waals surface area (Å²) in [5.41, 5.74) is 0.416. The second kappa shape index (κ2) is 4.44. The van der Waals surface area contributed by atoms with Crippen molar-refractivity contribution in [3.05, 3.63) is 17.7 Å². The number of carbonyl (C=O) groups excluding carboxylic acids is 1. The zero-order chi connectivity index (χ0) is 10.7. The van der Waals surface area contributed by atoms with Crippen LogP contribution in [0.15, 0.2) is 6.20 Å². The van der Waals surface area contributed by atoms with Crippen LogP contribution < -0.4 is 0 Å². The van der Waals surface area contributed by atoms with Crippen molar-refractivity contribution in [3.8, 4) is 0 Å². The monoisotopic (exact) mass is 210 g/mol. The number of ether oxygens (including phenoxy) is 2. The fraction of sp³-hybridized carbons (Fsp3) is 0.600. The van der Waals surface area contributed by atoms with Gasteiger partial charge in [0.05, 0.1) is 13.3 Å². The van der Waals surface area contributed by atoms with E-state index in [2.05, 4.69) is 14.7 Å². The van der Waals surface area contributed by atoms with E-state index >= 15 is 0 Å². The summed E-state index contributed by atoms with van der Waals surface area (Å²) in [6.07, 6.45) is 3.43. The molecule has 0 aliphatic carbocycles. The maximum atomic E-state index is 11.2. The van der Waals surface area contributed by atoms with Crippen LogP contribution in [-0.4, -0.2) is 36.3 Å². The Morgan fingerprint density at radius 2 is 2.33 bits per heavy atom. The topological polar surface area (TPSA) is 64.2 Å². The summed E-state index contributed by atoms with van der Waals surface area (Å²) in [4.78, 5) is 18.4. The number of aromatic amines is 1. The third kappa shape index (κ3) is 2.18. The zero-order valence-electron chi connectivity index (χ0n) is 8.66. The van der Waals surface area contributed by atoms with E-state index in [9.17, 15) is 4.79 Å². The van der Waals surface area contributed by atoms with E-state index in [1.807, 2.05) is 0 Å². The van der Waals surface area contributed by atoms with Crippen molar-refractivity contribution in [2.75, 3.05) is 20.3 Å². The standard InChI is InChI=1S/C10H14N2O3/c1-14-10(13)8-6-11-9(12-8)7-2-4-15-5-3-7/h6-7H,2-5H2,1H3,(H,11,12). The molecule has 0 aromatic carbocycles. The first-order chi connectivity index (χ1) is 7.31. The molecule has 0 saturated carbocycles. The fourth-order valence-corrected chi connectivity index (χ4v) is 1.73. The van der Waals surface area contributed by atoms with E-state index in [0.29, 0.717) is 11.6 Å². The van der Waals surface area contributed by atoms with Gasteiger partial charge in [-0.1, -0.05) is 0 Å². The SMILES string of the molecule is COC(=O)c1cnc(C2CCOCC2)[nH]1. The van der Waals surface area contributed by atoms with E-state index in [1.54, 1.807) is 0 Å². The van der Waals surface area contributed by atoms with Gasteiger partial charge < -0.3 is 14.5 Å². The van der Waals surface area contributed by atoms with Gasteiger partial charge in [-0.25, -0.2) is 9.78 Å². The van der Waals surface area contributed by atoms with Gasteiger partial charge in [-0.3, -0.25) is 0 Å². The molecule has 1 saturated heterocycles. The fourth-order valence-electron chi connectivity index (χ4n) is 1.73. The first-order valence-electron chi connectivity index (χ1n) is 5.02. The highest BCUT2D eigenvalue weighted by Gasteiger charge is 2.20. The Morgan fingerprint density at radius 1 is 1.60 bits per heavy atom. The first kappa shape index (κ1) is 10.2. The number of esters is 1. The van der Waals surface area contributed by atoms with Crippen molar-refractivity contribution in [2.45, 2.75) is 18.8 Å². The van der Waals surface area contributed by atoms with Gasteiger partial charge in [-0.15, -0.1) is 0 Å². The summed E-state index contributed by atoms with van der Waals surface area (Å²) in [6, 6.07) is 0. The lowest BCUT2D eigenvalue weighted by Gasteiger charge is -2.19. The van der Waals surface area contributed by atoms with Gasteiger partial charge in [0.25, 0.3) is 0 Å². The second-order valence-corrected chi connectivity index (χ2v) is 3.56. The highest BCUT2D eigenvalue weighted by atomic mass is 16.5. The van der Waals surface area contributed by atoms with Gasteiger partial charge in [0.2, 0.25) is 0 Å². The number of H-pyrrole nitrogens is 1. The van der Waals surface area contributed by atoms with Gasteiger partial charge in [-0.05, 0) is 12.8 Å². The number of nitrogens with zero attached hydrogens (tertiary/aromatic N) is 1. The molecule has 2 heterocycles. The quantitative estimate of drug-likeness (QED) is 0.742. The minimum absolute atomic E-state index is 0.372. The highest BCUT2D eigenvalue weighted by molar-refractivity contribution is 5.86. The van der Waals surface area contributed by atoms with Gasteiger partial charge in [-0.2, -0.15) is 0 Å². The molecule has 5 nitrogen and oxygen atoms in total. The molecule has 1 aliphatic rings. The van der Waals surface area contributed by atoms with Crippen LogP contribution in [0.25, 0.3) is 0 Å². The van der Waals surface area contributed by atoms with E-state index in [-0.39, 0.29) is 5.97 Å². The van der Waals surface area contributed by atoms with Crippen molar-refractivity contribution in [2.24, 2.45) is 0 Å². The predicted octanol–water partition coefficient (Wildman–Crippen LogP) is 1.09. The number of methoxy groups -OCH3 is 1. The molecule has 82 valence electrons. The average Bonchev–Trinajstić information content (AvgIpc) is 2.78. The van der Waals surface area contributed by atoms with Crippen LogP contribution in [0.2, 0.25) is 0 Å². The molecule has 15 heavy (non-hydrogen) atoms. The number of hydrogen-bond donors (Lipinski definition) is 1. The smallest absolute Gasteiger partial charge is 0.356 e. The van der Waals surface area contributed by atoms with E-state index in [1.165, 1.54) is 13.3 Å². The van der Waals surface area contributed by atoms with Crippen molar-refractivity contribution >= 4 is 5.97 Å². The minimum Gasteiger partial charge on any atom is -0.464 e. The molecule has 0 amide bonds. The Morgan fingerprint density at radius 3 is 3.00 bits per heavy atom. The van der Waals surface area contributed by atoms with Crippen LogP contribution in [-0.2, 0) is 9.47 Å². The van der Waals surface area contributed by atoms with Gasteiger partial charge in [0.15, 0.2) is 0 Å². The maximum absolute atomic E-state index is 11.2. The van der Waals surface area contributed by atoms with Crippen LogP contribution in [0.1, 0.15) is 35.1 Å². The minimum atomic E-state index is -0.374. The van der Waals surface area contributed by atoms with Gasteiger partial charge in [0, 0.05) is 19.1 Å². The molecule has 0 atom stereocenters. The molecular weight excluding hydrogens is 196 g/mol. The Hall–Kier alpha value is -1.36. The van der Waals surface area contributed by atoms with Gasteiger partial charge >= 0.3 is 5.97 Å². The number of hydrogen-bond acceptors (Lipinski definition) is 4. The summed E-state index contributed by atoms with van der Waals surface area (Å²) in [6.45, 7) is 1.53. The highest BCUT2D eigenvalue weighted by Crippen LogP contribution is 2.24. The van der Waals surface area contributed by atoms with Crippen LogP contribution in [0, 0.1) is 0 Å². The lowest BCUT2D eigenvalue weighted by molar-refractivity contribution is 0.0594. The largest absolute Gasteiger partial charge is 0.464 e. The van der Waals surface area contributed by atoms with Crippen LogP contribution >= 0.6 is 0 Å².